The molecule has 5 nitrogen and oxygen atoms in total. The average Bonchev–Trinajstić information content (AvgIpc) is 3.06. The molecule has 0 saturated heterocycles. The van der Waals surface area contributed by atoms with Crippen molar-refractivity contribution >= 4 is 18.2 Å². The van der Waals surface area contributed by atoms with Gasteiger partial charge in [-0.1, -0.05) is 31.2 Å². The summed E-state index contributed by atoms with van der Waals surface area (Å²) in [5.41, 5.74) is 2.29. The summed E-state index contributed by atoms with van der Waals surface area (Å²) in [6, 6.07) is 7.98. The van der Waals surface area contributed by atoms with Crippen LogP contribution in [0.15, 0.2) is 42.6 Å². The molecule has 1 aromatic carbocycles. The summed E-state index contributed by atoms with van der Waals surface area (Å²) in [5, 5.41) is 4.84. The predicted molar refractivity (Wildman–Crippen MR) is 104 cm³/mol. The molecule has 1 saturated carbocycles. The quantitative estimate of drug-likeness (QED) is 0.874. The molecule has 5 heteroatoms. The topological polar surface area (TPSA) is 63.4 Å². The van der Waals surface area contributed by atoms with Gasteiger partial charge in [0.15, 0.2) is 6.79 Å². The molecule has 0 atom stereocenters. The first-order chi connectivity index (χ1) is 13.1. The Bertz CT molecular complexity index is 999. The summed E-state index contributed by atoms with van der Waals surface area (Å²) in [7, 11) is 0. The Labute approximate surface area is 158 Å². The zero-order chi connectivity index (χ0) is 18.9. The molecule has 1 amide bonds. The molecule has 0 unspecified atom stereocenters. The van der Waals surface area contributed by atoms with Crippen LogP contribution in [-0.4, -0.2) is 17.7 Å². The summed E-state index contributed by atoms with van der Waals surface area (Å²) in [4.78, 5) is 16.4. The lowest BCUT2D eigenvalue weighted by molar-refractivity contribution is -0.128. The van der Waals surface area contributed by atoms with Crippen molar-refractivity contribution in [3.05, 3.63) is 64.3 Å². The van der Waals surface area contributed by atoms with Crippen LogP contribution in [0, 0.1) is 0 Å². The van der Waals surface area contributed by atoms with Gasteiger partial charge in [0, 0.05) is 28.0 Å². The van der Waals surface area contributed by atoms with Gasteiger partial charge in [-0.2, -0.15) is 0 Å². The highest BCUT2D eigenvalue weighted by Crippen LogP contribution is 2.45. The third kappa shape index (κ3) is 3.08. The van der Waals surface area contributed by atoms with E-state index in [2.05, 4.69) is 16.9 Å². The normalized spacial score (nSPS) is 19.0. The first-order valence-electron chi connectivity index (χ1n) is 9.29. The van der Waals surface area contributed by atoms with Crippen molar-refractivity contribution in [1.82, 2.24) is 10.3 Å². The Kier molecular flexibility index (Phi) is 4.62. The van der Waals surface area contributed by atoms with Gasteiger partial charge in [-0.3, -0.25) is 4.79 Å². The molecule has 4 rings (SSSR count). The molecule has 140 valence electrons. The Morgan fingerprint density at radius 2 is 2.19 bits per heavy atom. The van der Waals surface area contributed by atoms with Crippen molar-refractivity contribution in [2.75, 3.05) is 6.79 Å². The Balaban J connectivity index is 1.69. The first kappa shape index (κ1) is 17.6. The summed E-state index contributed by atoms with van der Waals surface area (Å²) in [5.74, 6) is 0.843. The van der Waals surface area contributed by atoms with Gasteiger partial charge < -0.3 is 19.8 Å². The molecule has 1 fully saturated rings. The summed E-state index contributed by atoms with van der Waals surface area (Å²) >= 11 is 0. The third-order valence-corrected chi connectivity index (χ3v) is 5.52. The molecule has 2 heterocycles. The number of carbonyl (C=O) groups is 1. The summed E-state index contributed by atoms with van der Waals surface area (Å²) in [6.07, 6.45) is 8.37. The molecule has 0 radical (unpaired) electrons. The molecule has 2 N–H and O–H groups in total. The zero-order valence-electron chi connectivity index (χ0n) is 15.5. The van der Waals surface area contributed by atoms with Gasteiger partial charge in [-0.25, -0.2) is 0 Å². The minimum absolute atomic E-state index is 0.0226. The number of benzene rings is 1. The van der Waals surface area contributed by atoms with Crippen LogP contribution < -0.4 is 20.6 Å². The van der Waals surface area contributed by atoms with Crippen LogP contribution in [0.4, 0.5) is 0 Å². The van der Waals surface area contributed by atoms with E-state index >= 15 is 0 Å². The van der Waals surface area contributed by atoms with Gasteiger partial charge in [0.05, 0.1) is 12.0 Å². The number of allylic oxidation sites excluding steroid dienone is 1. The molecular weight excluding hydrogens is 340 g/mol. The molecule has 2 aliphatic rings. The second kappa shape index (κ2) is 7.08. The van der Waals surface area contributed by atoms with E-state index in [1.54, 1.807) is 0 Å². The van der Waals surface area contributed by atoms with E-state index in [4.69, 9.17) is 9.47 Å². The van der Waals surface area contributed by atoms with Crippen molar-refractivity contribution in [2.45, 2.75) is 38.2 Å². The number of hydrogen-bond donors (Lipinski definition) is 2. The molecule has 2 aromatic rings. The minimum atomic E-state index is -0.513. The monoisotopic (exact) mass is 364 g/mol. The van der Waals surface area contributed by atoms with E-state index in [-0.39, 0.29) is 12.7 Å². The van der Waals surface area contributed by atoms with E-state index in [9.17, 15) is 4.79 Å². The maximum absolute atomic E-state index is 13.3. The van der Waals surface area contributed by atoms with Gasteiger partial charge in [-0.05, 0) is 43.5 Å². The van der Waals surface area contributed by atoms with Gasteiger partial charge in [-0.15, -0.1) is 0 Å². The number of rotatable bonds is 4. The predicted octanol–water partition coefficient (Wildman–Crippen LogP) is 2.21. The van der Waals surface area contributed by atoms with Gasteiger partial charge >= 0.3 is 0 Å². The van der Waals surface area contributed by atoms with Gasteiger partial charge in [0.25, 0.3) is 0 Å². The van der Waals surface area contributed by atoms with Crippen molar-refractivity contribution in [1.29, 1.82) is 0 Å². The fourth-order valence-electron chi connectivity index (χ4n) is 3.80. The van der Waals surface area contributed by atoms with E-state index in [1.165, 1.54) is 0 Å². The standard InChI is InChI=1S/C22H24N2O3/c1-3-5-19(18-8-11-23-15(18)2)24-21(25)22(9-4-10-22)17-7-6-16-13-26-14-27-20(16)12-17/h3,5-8,11-12,23H,2,4,9-10,13-14H2,1H3,(H,24,25). The lowest BCUT2D eigenvalue weighted by atomic mass is 9.63. The van der Waals surface area contributed by atoms with Crippen LogP contribution in [0.3, 0.4) is 0 Å². The second-order valence-electron chi connectivity index (χ2n) is 7.11. The summed E-state index contributed by atoms with van der Waals surface area (Å²) in [6.45, 7) is 6.75. The molecule has 1 aliphatic heterocycles. The van der Waals surface area contributed by atoms with Crippen LogP contribution >= 0.6 is 0 Å². The third-order valence-electron chi connectivity index (χ3n) is 5.52. The van der Waals surface area contributed by atoms with Crippen LogP contribution in [0.25, 0.3) is 12.3 Å². The molecular formula is C22H24N2O3. The summed E-state index contributed by atoms with van der Waals surface area (Å²) < 4.78 is 10.9. The molecule has 1 aliphatic carbocycles. The number of hydrogen-bond acceptors (Lipinski definition) is 3. The number of ether oxygens (including phenoxy) is 2. The van der Waals surface area contributed by atoms with Crippen molar-refractivity contribution in [3.8, 4) is 5.75 Å². The largest absolute Gasteiger partial charge is 0.467 e. The van der Waals surface area contributed by atoms with Crippen LogP contribution in [0.1, 0.15) is 37.3 Å². The van der Waals surface area contributed by atoms with E-state index < -0.39 is 5.41 Å². The Hall–Kier alpha value is -2.79. The highest BCUT2D eigenvalue weighted by Gasteiger charge is 2.46. The van der Waals surface area contributed by atoms with Crippen molar-refractivity contribution in [3.63, 3.8) is 0 Å². The minimum Gasteiger partial charge on any atom is -0.467 e. The Morgan fingerprint density at radius 3 is 2.85 bits per heavy atom. The highest BCUT2D eigenvalue weighted by atomic mass is 16.7. The number of carbonyl (C=O) groups excluding carboxylic acids is 1. The number of nitrogens with one attached hydrogen (secondary N) is 2. The fraction of sp³-hybridized carbons (Fsp3) is 0.318. The lowest BCUT2D eigenvalue weighted by Crippen LogP contribution is -2.49. The second-order valence-corrected chi connectivity index (χ2v) is 7.11. The van der Waals surface area contributed by atoms with Crippen molar-refractivity contribution in [2.24, 2.45) is 0 Å². The number of aromatic amines is 1. The van der Waals surface area contributed by atoms with Crippen molar-refractivity contribution < 1.29 is 14.3 Å². The van der Waals surface area contributed by atoms with Gasteiger partial charge in [0.1, 0.15) is 5.75 Å². The number of fused-ring (bicyclic) bond motifs is 1. The molecule has 27 heavy (non-hydrogen) atoms. The lowest BCUT2D eigenvalue weighted by Gasteiger charge is -2.41. The SMILES string of the molecule is C=c1[nH]ccc1=C(C=CC)NC(=O)C1(c2ccc3c(c2)OCOC3)CCC1. The number of aromatic nitrogens is 1. The molecule has 0 bridgehead atoms. The van der Waals surface area contributed by atoms with Crippen LogP contribution in [-0.2, 0) is 21.6 Å². The van der Waals surface area contributed by atoms with Gasteiger partial charge in [0.2, 0.25) is 5.91 Å². The van der Waals surface area contributed by atoms with E-state index in [1.807, 2.05) is 49.5 Å². The maximum atomic E-state index is 13.3. The van der Waals surface area contributed by atoms with E-state index in [0.717, 1.165) is 52.4 Å². The maximum Gasteiger partial charge on any atom is 0.235 e. The first-order valence-corrected chi connectivity index (χ1v) is 9.29. The molecule has 0 spiro atoms. The fourth-order valence-corrected chi connectivity index (χ4v) is 3.80. The molecule has 1 aromatic heterocycles. The highest BCUT2D eigenvalue weighted by molar-refractivity contribution is 5.94. The Morgan fingerprint density at radius 1 is 1.33 bits per heavy atom. The smallest absolute Gasteiger partial charge is 0.235 e. The van der Waals surface area contributed by atoms with Crippen LogP contribution in [0.2, 0.25) is 0 Å². The number of H-pyrrole nitrogens is 1. The van der Waals surface area contributed by atoms with E-state index in [0.29, 0.717) is 6.61 Å². The van der Waals surface area contributed by atoms with Crippen LogP contribution in [0.5, 0.6) is 5.75 Å². The zero-order valence-corrected chi connectivity index (χ0v) is 15.5. The number of amides is 1. The average molecular weight is 364 g/mol.